The van der Waals surface area contributed by atoms with Gasteiger partial charge in [0.15, 0.2) is 6.61 Å². The molecular weight excluding hydrogens is 412 g/mol. The molecule has 4 rings (SSSR count). The van der Waals surface area contributed by atoms with Crippen molar-refractivity contribution in [3.05, 3.63) is 64.7 Å². The van der Waals surface area contributed by atoms with Crippen LogP contribution in [0.2, 0.25) is 5.02 Å². The molecule has 0 radical (unpaired) electrons. The molecule has 0 saturated carbocycles. The van der Waals surface area contributed by atoms with Gasteiger partial charge in [-0.1, -0.05) is 11.6 Å². The van der Waals surface area contributed by atoms with Gasteiger partial charge in [0.25, 0.3) is 5.91 Å². The van der Waals surface area contributed by atoms with Gasteiger partial charge < -0.3 is 9.64 Å². The van der Waals surface area contributed by atoms with Gasteiger partial charge >= 0.3 is 0 Å². The number of halogens is 1. The van der Waals surface area contributed by atoms with E-state index in [1.807, 2.05) is 67.3 Å². The highest BCUT2D eigenvalue weighted by Crippen LogP contribution is 2.23. The van der Waals surface area contributed by atoms with E-state index < -0.39 is 0 Å². The van der Waals surface area contributed by atoms with Crippen LogP contribution in [0.1, 0.15) is 30.9 Å². The molecule has 2 heterocycles. The van der Waals surface area contributed by atoms with Gasteiger partial charge in [0.05, 0.1) is 11.2 Å². The molecule has 0 aliphatic carbocycles. The second-order valence-electron chi connectivity index (χ2n) is 7.70. The van der Waals surface area contributed by atoms with Gasteiger partial charge in [-0.2, -0.15) is 5.10 Å². The SMILES string of the molecule is CC(=NNc1cc(C)c2cc(Cl)ccc2n1)c1ccc(OCC(=O)N2CCCC2)cc1. The third kappa shape index (κ3) is 5.14. The number of nitrogens with zero attached hydrogens (tertiary/aromatic N) is 3. The van der Waals surface area contributed by atoms with Crippen molar-refractivity contribution in [2.45, 2.75) is 26.7 Å². The maximum atomic E-state index is 12.1. The molecule has 0 atom stereocenters. The minimum absolute atomic E-state index is 0.0453. The summed E-state index contributed by atoms with van der Waals surface area (Å²) in [5.74, 6) is 1.39. The number of ether oxygens (including phenoxy) is 1. The number of benzene rings is 2. The number of pyridine rings is 1. The first-order valence-corrected chi connectivity index (χ1v) is 10.8. The lowest BCUT2D eigenvalue weighted by Gasteiger charge is -2.15. The van der Waals surface area contributed by atoms with Crippen molar-refractivity contribution in [1.29, 1.82) is 0 Å². The van der Waals surface area contributed by atoms with Crippen LogP contribution in [0.5, 0.6) is 5.75 Å². The zero-order chi connectivity index (χ0) is 21.8. The summed E-state index contributed by atoms with van der Waals surface area (Å²) >= 11 is 6.08. The maximum Gasteiger partial charge on any atom is 0.260 e. The number of carbonyl (C=O) groups excluding carboxylic acids is 1. The highest BCUT2D eigenvalue weighted by atomic mass is 35.5. The third-order valence-electron chi connectivity index (χ3n) is 5.41. The fourth-order valence-electron chi connectivity index (χ4n) is 3.62. The first kappa shape index (κ1) is 21.1. The number of carbonyl (C=O) groups is 1. The van der Waals surface area contributed by atoms with E-state index in [2.05, 4.69) is 15.5 Å². The smallest absolute Gasteiger partial charge is 0.260 e. The van der Waals surface area contributed by atoms with Crippen LogP contribution in [0.25, 0.3) is 10.9 Å². The number of hydrazone groups is 1. The van der Waals surface area contributed by atoms with Crippen molar-refractivity contribution in [3.8, 4) is 5.75 Å². The Bertz CT molecular complexity index is 1120. The van der Waals surface area contributed by atoms with Crippen LogP contribution >= 0.6 is 11.6 Å². The van der Waals surface area contributed by atoms with Crippen molar-refractivity contribution >= 4 is 39.9 Å². The minimum atomic E-state index is 0.0453. The molecule has 31 heavy (non-hydrogen) atoms. The van der Waals surface area contributed by atoms with Crippen LogP contribution in [-0.4, -0.2) is 41.2 Å². The topological polar surface area (TPSA) is 66.8 Å². The van der Waals surface area contributed by atoms with E-state index in [1.54, 1.807) is 0 Å². The van der Waals surface area contributed by atoms with Crippen LogP contribution in [0.15, 0.2) is 53.6 Å². The summed E-state index contributed by atoms with van der Waals surface area (Å²) in [5, 5.41) is 6.18. The Hall–Kier alpha value is -3.12. The highest BCUT2D eigenvalue weighted by Gasteiger charge is 2.18. The average Bonchev–Trinajstić information content (AvgIpc) is 3.32. The Morgan fingerprint density at radius 3 is 2.65 bits per heavy atom. The number of aryl methyl sites for hydroxylation is 1. The van der Waals surface area contributed by atoms with E-state index >= 15 is 0 Å². The molecule has 1 fully saturated rings. The maximum absolute atomic E-state index is 12.1. The second kappa shape index (κ2) is 9.35. The van der Waals surface area contributed by atoms with Crippen LogP contribution in [-0.2, 0) is 4.79 Å². The monoisotopic (exact) mass is 436 g/mol. The number of amides is 1. The Labute approximate surface area is 186 Å². The van der Waals surface area contributed by atoms with Crippen molar-refractivity contribution < 1.29 is 9.53 Å². The normalized spacial score (nSPS) is 14.2. The zero-order valence-corrected chi connectivity index (χ0v) is 18.4. The van der Waals surface area contributed by atoms with E-state index in [4.69, 9.17) is 16.3 Å². The summed E-state index contributed by atoms with van der Waals surface area (Å²) in [4.78, 5) is 18.5. The fraction of sp³-hybridized carbons (Fsp3) is 0.292. The molecule has 1 saturated heterocycles. The predicted octanol–water partition coefficient (Wildman–Crippen LogP) is 5.03. The van der Waals surface area contributed by atoms with Crippen molar-refractivity contribution in [2.75, 3.05) is 25.1 Å². The van der Waals surface area contributed by atoms with Gasteiger partial charge in [0.1, 0.15) is 11.6 Å². The Kier molecular flexibility index (Phi) is 6.37. The van der Waals surface area contributed by atoms with Gasteiger partial charge in [-0.15, -0.1) is 0 Å². The van der Waals surface area contributed by atoms with E-state index in [0.717, 1.165) is 53.7 Å². The van der Waals surface area contributed by atoms with Gasteiger partial charge in [-0.05, 0) is 86.3 Å². The van der Waals surface area contributed by atoms with Crippen LogP contribution < -0.4 is 10.2 Å². The van der Waals surface area contributed by atoms with E-state index in [9.17, 15) is 4.79 Å². The van der Waals surface area contributed by atoms with Crippen molar-refractivity contribution in [1.82, 2.24) is 9.88 Å². The summed E-state index contributed by atoms with van der Waals surface area (Å²) in [7, 11) is 0. The number of fused-ring (bicyclic) bond motifs is 1. The second-order valence-corrected chi connectivity index (χ2v) is 8.13. The zero-order valence-electron chi connectivity index (χ0n) is 17.7. The largest absolute Gasteiger partial charge is 0.484 e. The summed E-state index contributed by atoms with van der Waals surface area (Å²) < 4.78 is 5.64. The summed E-state index contributed by atoms with van der Waals surface area (Å²) in [6.07, 6.45) is 2.16. The summed E-state index contributed by atoms with van der Waals surface area (Å²) in [5.41, 5.74) is 6.75. The predicted molar refractivity (Wildman–Crippen MR) is 125 cm³/mol. The standard InChI is InChI=1S/C24H25ClN4O2/c1-16-13-23(26-22-10-7-19(25)14-21(16)22)28-27-17(2)18-5-8-20(9-6-18)31-15-24(30)29-11-3-4-12-29/h5-10,13-14H,3-4,11-12,15H2,1-2H3,(H,26,28). The summed E-state index contributed by atoms with van der Waals surface area (Å²) in [6, 6.07) is 15.2. The molecular formula is C24H25ClN4O2. The number of rotatable bonds is 6. The lowest BCUT2D eigenvalue weighted by atomic mass is 10.1. The Balaban J connectivity index is 1.38. The number of hydrogen-bond donors (Lipinski definition) is 1. The number of hydrogen-bond acceptors (Lipinski definition) is 5. The minimum Gasteiger partial charge on any atom is -0.484 e. The molecule has 1 aliphatic heterocycles. The van der Waals surface area contributed by atoms with Crippen LogP contribution in [0, 0.1) is 6.92 Å². The Morgan fingerprint density at radius 2 is 1.90 bits per heavy atom. The number of aromatic nitrogens is 1. The molecule has 0 unspecified atom stereocenters. The van der Waals surface area contributed by atoms with Crippen molar-refractivity contribution in [3.63, 3.8) is 0 Å². The van der Waals surface area contributed by atoms with Crippen molar-refractivity contribution in [2.24, 2.45) is 5.10 Å². The quantitative estimate of drug-likeness (QED) is 0.434. The lowest BCUT2D eigenvalue weighted by molar-refractivity contribution is -0.132. The fourth-order valence-corrected chi connectivity index (χ4v) is 3.80. The van der Waals surface area contributed by atoms with Gasteiger partial charge in [-0.25, -0.2) is 4.98 Å². The van der Waals surface area contributed by atoms with Gasteiger partial charge in [-0.3, -0.25) is 10.2 Å². The molecule has 2 aromatic carbocycles. The molecule has 6 nitrogen and oxygen atoms in total. The van der Waals surface area contributed by atoms with Gasteiger partial charge in [0.2, 0.25) is 0 Å². The average molecular weight is 437 g/mol. The molecule has 1 amide bonds. The van der Waals surface area contributed by atoms with E-state index in [-0.39, 0.29) is 12.5 Å². The molecule has 7 heteroatoms. The molecule has 3 aromatic rings. The lowest BCUT2D eigenvalue weighted by Crippen LogP contribution is -2.32. The van der Waals surface area contributed by atoms with Crippen LogP contribution in [0.4, 0.5) is 5.82 Å². The first-order chi connectivity index (χ1) is 15.0. The highest BCUT2D eigenvalue weighted by molar-refractivity contribution is 6.31. The summed E-state index contributed by atoms with van der Waals surface area (Å²) in [6.45, 7) is 5.70. The molecule has 0 bridgehead atoms. The van der Waals surface area contributed by atoms with Gasteiger partial charge in [0, 0.05) is 23.5 Å². The molecule has 0 spiro atoms. The molecule has 1 N–H and O–H groups in total. The van der Waals surface area contributed by atoms with E-state index in [1.165, 1.54) is 0 Å². The molecule has 1 aromatic heterocycles. The number of likely N-dealkylation sites (tertiary alicyclic amines) is 1. The Morgan fingerprint density at radius 1 is 1.16 bits per heavy atom. The number of nitrogens with one attached hydrogen (secondary N) is 1. The third-order valence-corrected chi connectivity index (χ3v) is 5.64. The molecule has 160 valence electrons. The van der Waals surface area contributed by atoms with Crippen LogP contribution in [0.3, 0.4) is 0 Å². The molecule has 1 aliphatic rings. The van der Waals surface area contributed by atoms with E-state index in [0.29, 0.717) is 16.6 Å². The first-order valence-electron chi connectivity index (χ1n) is 10.4. The number of anilines is 1.